The lowest BCUT2D eigenvalue weighted by Crippen LogP contribution is -2.21. The van der Waals surface area contributed by atoms with Gasteiger partial charge in [0.1, 0.15) is 24.4 Å². The van der Waals surface area contributed by atoms with E-state index in [1.807, 2.05) is 0 Å². The Hall–Kier alpha value is -1.42. The first-order valence-corrected chi connectivity index (χ1v) is 9.35. The minimum Gasteiger partial charge on any atom is -0.376 e. The number of fused-ring (bicyclic) bond motifs is 2. The molecule has 3 nitrogen and oxygen atoms in total. The number of hydrogen-bond acceptors (Lipinski definition) is 3. The Morgan fingerprint density at radius 3 is 2.24 bits per heavy atom. The average molecular weight is 338 g/mol. The summed E-state index contributed by atoms with van der Waals surface area (Å²) in [4.78, 5) is 0. The summed E-state index contributed by atoms with van der Waals surface area (Å²) >= 11 is 0. The van der Waals surface area contributed by atoms with Crippen molar-refractivity contribution in [2.45, 2.75) is 58.5 Å². The zero-order valence-electron chi connectivity index (χ0n) is 15.5. The summed E-state index contributed by atoms with van der Waals surface area (Å²) in [6.45, 7) is 10.5. The monoisotopic (exact) mass is 338 g/mol. The van der Waals surface area contributed by atoms with Crippen molar-refractivity contribution in [3.8, 4) is 0 Å². The van der Waals surface area contributed by atoms with Crippen molar-refractivity contribution in [1.29, 1.82) is 0 Å². The van der Waals surface area contributed by atoms with Crippen LogP contribution in [0.15, 0.2) is 29.9 Å². The van der Waals surface area contributed by atoms with Gasteiger partial charge >= 0.3 is 0 Å². The van der Waals surface area contributed by atoms with Crippen LogP contribution < -0.4 is 0 Å². The molecule has 0 saturated carbocycles. The molecule has 5 aliphatic heterocycles. The van der Waals surface area contributed by atoms with Gasteiger partial charge in [0.05, 0.1) is 13.2 Å². The minimum absolute atomic E-state index is 0.108. The van der Waals surface area contributed by atoms with Crippen LogP contribution in [0.4, 0.5) is 0 Å². The molecule has 0 N–H and O–H groups in total. The van der Waals surface area contributed by atoms with Gasteiger partial charge in [-0.15, -0.1) is 0 Å². The van der Waals surface area contributed by atoms with E-state index in [4.69, 9.17) is 14.2 Å². The summed E-state index contributed by atoms with van der Waals surface area (Å²) in [6.07, 6.45) is 6.50. The number of ether oxygens (including phenoxy) is 3. The fourth-order valence-corrected chi connectivity index (χ4v) is 4.74. The van der Waals surface area contributed by atoms with Gasteiger partial charge in [0.25, 0.3) is 0 Å². The van der Waals surface area contributed by atoms with Crippen molar-refractivity contribution in [3.05, 3.63) is 52.1 Å². The highest BCUT2D eigenvalue weighted by atomic mass is 16.6. The average Bonchev–Trinajstić information content (AvgIpc) is 3.42. The van der Waals surface area contributed by atoms with Crippen LogP contribution in [0.25, 0.3) is 5.57 Å². The van der Waals surface area contributed by atoms with Gasteiger partial charge in [-0.1, -0.05) is 38.1 Å². The maximum absolute atomic E-state index is 5.89. The Labute approximate surface area is 149 Å². The van der Waals surface area contributed by atoms with Crippen LogP contribution in [0.5, 0.6) is 0 Å². The topological polar surface area (TPSA) is 34.3 Å². The smallest absolute Gasteiger partial charge is 0.112 e. The first-order valence-electron chi connectivity index (χ1n) is 9.35. The molecular weight excluding hydrogens is 312 g/mol. The van der Waals surface area contributed by atoms with Crippen LogP contribution in [0.2, 0.25) is 0 Å². The van der Waals surface area contributed by atoms with Gasteiger partial charge in [0.15, 0.2) is 0 Å². The van der Waals surface area contributed by atoms with Crippen molar-refractivity contribution in [2.75, 3.05) is 13.2 Å². The summed E-state index contributed by atoms with van der Waals surface area (Å²) in [5.41, 5.74) is 8.33. The van der Waals surface area contributed by atoms with E-state index in [0.29, 0.717) is 13.2 Å². The Morgan fingerprint density at radius 2 is 1.56 bits per heavy atom. The number of epoxide rings is 2. The van der Waals surface area contributed by atoms with E-state index >= 15 is 0 Å². The van der Waals surface area contributed by atoms with E-state index in [2.05, 4.69) is 52.0 Å². The van der Waals surface area contributed by atoms with Gasteiger partial charge in [0, 0.05) is 0 Å². The lowest BCUT2D eigenvalue weighted by Gasteiger charge is -2.34. The van der Waals surface area contributed by atoms with Gasteiger partial charge in [-0.25, -0.2) is 0 Å². The molecule has 2 saturated heterocycles. The predicted octanol–water partition coefficient (Wildman–Crippen LogP) is 4.28. The quantitative estimate of drug-likeness (QED) is 0.662. The first-order chi connectivity index (χ1) is 11.9. The van der Waals surface area contributed by atoms with E-state index in [-0.39, 0.29) is 29.8 Å². The fraction of sp³-hybridized carbons (Fsp3) is 0.545. The molecule has 4 atom stereocenters. The molecule has 3 heteroatoms. The molecule has 0 spiro atoms. The first kappa shape index (κ1) is 15.8. The minimum atomic E-state index is 0.108. The Kier molecular flexibility index (Phi) is 3.35. The molecule has 1 aromatic carbocycles. The summed E-state index contributed by atoms with van der Waals surface area (Å²) in [5, 5.41) is 0. The molecule has 0 aromatic heterocycles. The predicted molar refractivity (Wildman–Crippen MR) is 97.5 cm³/mol. The highest BCUT2D eigenvalue weighted by Gasteiger charge is 2.46. The SMILES string of the molecule is Cc1cc2cc(C)c1C1=CC=C(CC1(C)C)C1OC1COCC1OC21. The van der Waals surface area contributed by atoms with Gasteiger partial charge in [-0.3, -0.25) is 0 Å². The fourth-order valence-electron chi connectivity index (χ4n) is 4.74. The van der Waals surface area contributed by atoms with Crippen LogP contribution in [0.3, 0.4) is 0 Å². The zero-order valence-corrected chi connectivity index (χ0v) is 15.5. The van der Waals surface area contributed by atoms with E-state index < -0.39 is 0 Å². The van der Waals surface area contributed by atoms with Crippen molar-refractivity contribution in [3.63, 3.8) is 0 Å². The number of allylic oxidation sites excluding steroid dienone is 3. The lowest BCUT2D eigenvalue weighted by molar-refractivity contribution is 0.102. The second kappa shape index (κ2) is 5.29. The van der Waals surface area contributed by atoms with E-state index in [1.165, 1.54) is 33.4 Å². The van der Waals surface area contributed by atoms with Crippen molar-refractivity contribution < 1.29 is 14.2 Å². The zero-order chi connectivity index (χ0) is 17.3. The molecule has 6 aliphatic rings. The third-order valence-corrected chi connectivity index (χ3v) is 6.09. The van der Waals surface area contributed by atoms with E-state index in [1.54, 1.807) is 0 Å². The second-order valence-corrected chi connectivity index (χ2v) is 8.64. The number of aryl methyl sites for hydroxylation is 2. The Morgan fingerprint density at radius 1 is 0.920 bits per heavy atom. The van der Waals surface area contributed by atoms with Crippen LogP contribution in [0.1, 0.15) is 48.6 Å². The molecule has 1 aromatic rings. The molecule has 25 heavy (non-hydrogen) atoms. The second-order valence-electron chi connectivity index (χ2n) is 8.64. The van der Waals surface area contributed by atoms with Crippen molar-refractivity contribution >= 4 is 5.57 Å². The Balaban J connectivity index is 1.63. The summed E-state index contributed by atoms with van der Waals surface area (Å²) in [6, 6.07) is 4.62. The molecule has 7 rings (SSSR count). The number of benzene rings is 1. The van der Waals surface area contributed by atoms with Crippen LogP contribution in [0, 0.1) is 19.3 Å². The molecule has 4 bridgehead atoms. The van der Waals surface area contributed by atoms with E-state index in [9.17, 15) is 0 Å². The Bertz CT molecular complexity index is 778. The molecule has 0 amide bonds. The highest BCUT2D eigenvalue weighted by molar-refractivity contribution is 5.77. The lowest BCUT2D eigenvalue weighted by atomic mass is 9.70. The molecule has 1 aliphatic carbocycles. The molecule has 5 heterocycles. The highest BCUT2D eigenvalue weighted by Crippen LogP contribution is 2.49. The summed E-state index contributed by atoms with van der Waals surface area (Å²) < 4.78 is 17.6. The third kappa shape index (κ3) is 2.61. The maximum atomic E-state index is 5.89. The standard InChI is InChI=1S/C22H26O3/c1-12-7-15-8-13(2)19(12)16-6-5-14(9-22(16,3)4)20-17(24-20)10-23-11-18-21(15)25-18/h5-8,17-18,20-21H,9-11H2,1-4H3. The van der Waals surface area contributed by atoms with E-state index in [0.717, 1.165) is 6.42 Å². The third-order valence-electron chi connectivity index (χ3n) is 6.09. The van der Waals surface area contributed by atoms with Crippen molar-refractivity contribution in [1.82, 2.24) is 0 Å². The molecule has 4 unspecified atom stereocenters. The van der Waals surface area contributed by atoms with Gasteiger partial charge < -0.3 is 14.2 Å². The summed E-state index contributed by atoms with van der Waals surface area (Å²) in [7, 11) is 0. The van der Waals surface area contributed by atoms with Crippen molar-refractivity contribution in [2.24, 2.45) is 5.41 Å². The molecule has 0 radical (unpaired) electrons. The number of hydrogen-bond donors (Lipinski definition) is 0. The molecule has 132 valence electrons. The normalized spacial score (nSPS) is 35.0. The van der Waals surface area contributed by atoms with Gasteiger partial charge in [-0.05, 0) is 59.1 Å². The van der Waals surface area contributed by atoms with Gasteiger partial charge in [-0.2, -0.15) is 0 Å². The van der Waals surface area contributed by atoms with Crippen LogP contribution in [-0.4, -0.2) is 31.5 Å². The van der Waals surface area contributed by atoms with Crippen LogP contribution >= 0.6 is 0 Å². The molecular formula is C22H26O3. The number of rotatable bonds is 0. The van der Waals surface area contributed by atoms with Gasteiger partial charge in [0.2, 0.25) is 0 Å². The molecule has 2 fully saturated rings. The van der Waals surface area contributed by atoms with Crippen LogP contribution in [-0.2, 0) is 14.2 Å². The maximum Gasteiger partial charge on any atom is 0.112 e. The summed E-state index contributed by atoms with van der Waals surface area (Å²) in [5.74, 6) is 0. The largest absolute Gasteiger partial charge is 0.376 e.